The van der Waals surface area contributed by atoms with Gasteiger partial charge >= 0.3 is 0 Å². The minimum absolute atomic E-state index is 0.703. The zero-order valence-electron chi connectivity index (χ0n) is 10.9. The lowest BCUT2D eigenvalue weighted by Crippen LogP contribution is -2.39. The van der Waals surface area contributed by atoms with Gasteiger partial charge < -0.3 is 5.32 Å². The van der Waals surface area contributed by atoms with Gasteiger partial charge in [0.15, 0.2) is 0 Å². The van der Waals surface area contributed by atoms with Gasteiger partial charge in [-0.15, -0.1) is 0 Å². The molecule has 0 bridgehead atoms. The van der Waals surface area contributed by atoms with Crippen LogP contribution >= 0.6 is 0 Å². The van der Waals surface area contributed by atoms with E-state index in [0.717, 1.165) is 18.4 Å². The van der Waals surface area contributed by atoms with E-state index in [1.54, 1.807) is 0 Å². The average molecular weight is 212 g/mol. The molecular weight excluding hydrogens is 184 g/mol. The third-order valence-corrected chi connectivity index (χ3v) is 3.79. The van der Waals surface area contributed by atoms with E-state index >= 15 is 0 Å². The summed E-state index contributed by atoms with van der Waals surface area (Å²) in [5.41, 5.74) is 0. The maximum absolute atomic E-state index is 3.55. The Labute approximate surface area is 95.4 Å². The molecule has 15 heavy (non-hydrogen) atoms. The number of nitrogens with zero attached hydrogens (tertiary/aromatic N) is 1. The molecule has 0 aromatic rings. The summed E-state index contributed by atoms with van der Waals surface area (Å²) in [5, 5.41) is 3.55. The van der Waals surface area contributed by atoms with E-state index in [-0.39, 0.29) is 0 Å². The summed E-state index contributed by atoms with van der Waals surface area (Å²) < 4.78 is 0. The second-order valence-electron chi connectivity index (χ2n) is 5.32. The summed E-state index contributed by atoms with van der Waals surface area (Å²) in [6, 6.07) is 0.703. The van der Waals surface area contributed by atoms with E-state index in [4.69, 9.17) is 0 Å². The van der Waals surface area contributed by atoms with Crippen LogP contribution in [-0.2, 0) is 0 Å². The van der Waals surface area contributed by atoms with Crippen LogP contribution in [0.2, 0.25) is 0 Å². The summed E-state index contributed by atoms with van der Waals surface area (Å²) >= 11 is 0. The molecule has 0 aromatic heterocycles. The van der Waals surface area contributed by atoms with Crippen molar-refractivity contribution in [3.05, 3.63) is 0 Å². The maximum atomic E-state index is 3.55. The summed E-state index contributed by atoms with van der Waals surface area (Å²) in [5.74, 6) is 1.76. The number of nitrogens with one attached hydrogen (secondary N) is 1. The van der Waals surface area contributed by atoms with E-state index in [1.807, 2.05) is 0 Å². The van der Waals surface area contributed by atoms with Gasteiger partial charge in [-0.1, -0.05) is 27.2 Å². The molecule has 0 radical (unpaired) electrons. The Morgan fingerprint density at radius 2 is 1.87 bits per heavy atom. The van der Waals surface area contributed by atoms with Crippen LogP contribution in [0.3, 0.4) is 0 Å². The molecule has 1 aliphatic rings. The fourth-order valence-electron chi connectivity index (χ4n) is 2.28. The van der Waals surface area contributed by atoms with Gasteiger partial charge in [-0.3, -0.25) is 4.90 Å². The normalized spacial score (nSPS) is 29.6. The molecule has 0 aromatic carbocycles. The monoisotopic (exact) mass is 212 g/mol. The van der Waals surface area contributed by atoms with Crippen LogP contribution in [0.1, 0.15) is 40.5 Å². The van der Waals surface area contributed by atoms with Crippen molar-refractivity contribution in [2.45, 2.75) is 46.6 Å². The molecule has 3 atom stereocenters. The lowest BCUT2D eigenvalue weighted by atomic mass is 10.0. The number of hydrogen-bond donors (Lipinski definition) is 1. The van der Waals surface area contributed by atoms with Crippen LogP contribution in [0.4, 0.5) is 0 Å². The Morgan fingerprint density at radius 1 is 1.27 bits per heavy atom. The molecule has 1 rings (SSSR count). The Hall–Kier alpha value is -0.0800. The third-order valence-electron chi connectivity index (χ3n) is 3.79. The van der Waals surface area contributed by atoms with Gasteiger partial charge in [-0.05, 0) is 31.7 Å². The lowest BCUT2D eigenvalue weighted by molar-refractivity contribution is 0.241. The van der Waals surface area contributed by atoms with Gasteiger partial charge in [0.1, 0.15) is 0 Å². The van der Waals surface area contributed by atoms with Crippen molar-refractivity contribution in [2.75, 3.05) is 26.2 Å². The molecule has 0 spiro atoms. The fraction of sp³-hybridized carbons (Fsp3) is 1.00. The SMILES string of the molecule is CCCCNCC(C)N1CC(C)C(C)C1. The second kappa shape index (κ2) is 6.49. The van der Waals surface area contributed by atoms with E-state index in [1.165, 1.54) is 32.5 Å². The van der Waals surface area contributed by atoms with Gasteiger partial charge in [0.25, 0.3) is 0 Å². The molecule has 1 aliphatic heterocycles. The highest BCUT2D eigenvalue weighted by Crippen LogP contribution is 2.23. The van der Waals surface area contributed by atoms with Gasteiger partial charge in [0.2, 0.25) is 0 Å². The van der Waals surface area contributed by atoms with Crippen LogP contribution in [0.5, 0.6) is 0 Å². The fourth-order valence-corrected chi connectivity index (χ4v) is 2.28. The van der Waals surface area contributed by atoms with Crippen molar-refractivity contribution in [3.63, 3.8) is 0 Å². The van der Waals surface area contributed by atoms with Crippen LogP contribution in [-0.4, -0.2) is 37.1 Å². The zero-order chi connectivity index (χ0) is 11.3. The molecule has 0 saturated carbocycles. The molecule has 1 fully saturated rings. The highest BCUT2D eigenvalue weighted by atomic mass is 15.2. The first-order valence-electron chi connectivity index (χ1n) is 6.59. The summed E-state index contributed by atoms with van der Waals surface area (Å²) in [6.07, 6.45) is 2.60. The molecule has 1 saturated heterocycles. The summed E-state index contributed by atoms with van der Waals surface area (Å²) in [4.78, 5) is 2.63. The molecule has 3 unspecified atom stereocenters. The van der Waals surface area contributed by atoms with Crippen molar-refractivity contribution in [1.82, 2.24) is 10.2 Å². The van der Waals surface area contributed by atoms with Crippen molar-refractivity contribution >= 4 is 0 Å². The predicted octanol–water partition coefficient (Wildman–Crippen LogP) is 2.35. The van der Waals surface area contributed by atoms with E-state index in [2.05, 4.69) is 37.9 Å². The van der Waals surface area contributed by atoms with E-state index in [9.17, 15) is 0 Å². The molecular formula is C13H28N2. The molecule has 2 heteroatoms. The molecule has 90 valence electrons. The largest absolute Gasteiger partial charge is 0.315 e. The number of rotatable bonds is 6. The van der Waals surface area contributed by atoms with Gasteiger partial charge in [-0.2, -0.15) is 0 Å². The molecule has 0 amide bonds. The van der Waals surface area contributed by atoms with Gasteiger partial charge in [0.05, 0.1) is 0 Å². The zero-order valence-corrected chi connectivity index (χ0v) is 10.9. The highest BCUT2D eigenvalue weighted by Gasteiger charge is 2.28. The second-order valence-corrected chi connectivity index (χ2v) is 5.32. The predicted molar refractivity (Wildman–Crippen MR) is 67.1 cm³/mol. The molecule has 2 nitrogen and oxygen atoms in total. The first kappa shape index (κ1) is 13.0. The third kappa shape index (κ3) is 4.12. The smallest absolute Gasteiger partial charge is 0.0192 e. The Balaban J connectivity index is 2.14. The molecule has 1 heterocycles. The quantitative estimate of drug-likeness (QED) is 0.680. The minimum atomic E-state index is 0.703. The van der Waals surface area contributed by atoms with Gasteiger partial charge in [0, 0.05) is 25.7 Å². The van der Waals surface area contributed by atoms with Crippen molar-refractivity contribution in [3.8, 4) is 0 Å². The Morgan fingerprint density at radius 3 is 2.40 bits per heavy atom. The number of likely N-dealkylation sites (tertiary alicyclic amines) is 1. The highest BCUT2D eigenvalue weighted by molar-refractivity contribution is 4.82. The minimum Gasteiger partial charge on any atom is -0.315 e. The Kier molecular flexibility index (Phi) is 5.62. The van der Waals surface area contributed by atoms with Crippen molar-refractivity contribution in [2.24, 2.45) is 11.8 Å². The van der Waals surface area contributed by atoms with E-state index in [0.29, 0.717) is 6.04 Å². The van der Waals surface area contributed by atoms with Crippen LogP contribution < -0.4 is 5.32 Å². The first-order valence-corrected chi connectivity index (χ1v) is 6.59. The van der Waals surface area contributed by atoms with E-state index < -0.39 is 0 Å². The van der Waals surface area contributed by atoms with Crippen LogP contribution in [0, 0.1) is 11.8 Å². The molecule has 0 aliphatic carbocycles. The topological polar surface area (TPSA) is 15.3 Å². The molecule has 1 N–H and O–H groups in total. The summed E-state index contributed by atoms with van der Waals surface area (Å²) in [6.45, 7) is 14.3. The van der Waals surface area contributed by atoms with Gasteiger partial charge in [-0.25, -0.2) is 0 Å². The Bertz CT molecular complexity index is 160. The lowest BCUT2D eigenvalue weighted by Gasteiger charge is -2.24. The number of unbranched alkanes of at least 4 members (excludes halogenated alkanes) is 1. The average Bonchev–Trinajstić information content (AvgIpc) is 2.54. The van der Waals surface area contributed by atoms with Crippen LogP contribution in [0.25, 0.3) is 0 Å². The van der Waals surface area contributed by atoms with Crippen molar-refractivity contribution in [1.29, 1.82) is 0 Å². The number of hydrogen-bond acceptors (Lipinski definition) is 2. The summed E-state index contributed by atoms with van der Waals surface area (Å²) in [7, 11) is 0. The first-order chi connectivity index (χ1) is 7.15. The van der Waals surface area contributed by atoms with Crippen molar-refractivity contribution < 1.29 is 0 Å². The van der Waals surface area contributed by atoms with Crippen LogP contribution in [0.15, 0.2) is 0 Å². The standard InChI is InChI=1S/C13H28N2/c1-5-6-7-14-8-13(4)15-9-11(2)12(3)10-15/h11-14H,5-10H2,1-4H3. The maximum Gasteiger partial charge on any atom is 0.0192 e.